The molecule has 2 aromatic carbocycles. The number of rotatable bonds is 3. The molecule has 100 valence electrons. The van der Waals surface area contributed by atoms with E-state index in [4.69, 9.17) is 4.42 Å². The first-order chi connectivity index (χ1) is 9.78. The molecule has 0 unspecified atom stereocenters. The van der Waals surface area contributed by atoms with Crippen LogP contribution in [0.2, 0.25) is 0 Å². The van der Waals surface area contributed by atoms with E-state index >= 15 is 0 Å². The topological polar surface area (TPSA) is 46.3 Å². The van der Waals surface area contributed by atoms with E-state index in [-0.39, 0.29) is 6.61 Å². The second-order valence-electron chi connectivity index (χ2n) is 4.72. The third-order valence-electron chi connectivity index (χ3n) is 3.24. The number of aliphatic hydroxyl groups excluding tert-OH is 1. The monoisotopic (exact) mass is 265 g/mol. The van der Waals surface area contributed by atoms with Gasteiger partial charge in [-0.25, -0.2) is 4.98 Å². The van der Waals surface area contributed by atoms with Gasteiger partial charge in [0.2, 0.25) is 5.89 Å². The van der Waals surface area contributed by atoms with Crippen molar-refractivity contribution in [2.45, 2.75) is 13.5 Å². The first-order valence-corrected chi connectivity index (χ1v) is 6.49. The Morgan fingerprint density at radius 3 is 2.65 bits per heavy atom. The number of aromatic nitrogens is 1. The average molecular weight is 265 g/mol. The van der Waals surface area contributed by atoms with Crippen molar-refractivity contribution in [1.82, 2.24) is 4.98 Å². The molecule has 0 aliphatic rings. The highest BCUT2D eigenvalue weighted by Crippen LogP contribution is 2.27. The molecule has 0 atom stereocenters. The van der Waals surface area contributed by atoms with Crippen LogP contribution in [0.15, 0.2) is 59.2 Å². The summed E-state index contributed by atoms with van der Waals surface area (Å²) in [6.45, 7) is 2.01. The van der Waals surface area contributed by atoms with Crippen LogP contribution in [0.5, 0.6) is 0 Å². The summed E-state index contributed by atoms with van der Waals surface area (Å²) in [5, 5.41) is 9.44. The lowest BCUT2D eigenvalue weighted by molar-refractivity contribution is 0.282. The fraction of sp³-hybridized carbons (Fsp3) is 0.118. The van der Waals surface area contributed by atoms with E-state index in [1.165, 1.54) is 0 Å². The number of hydrogen-bond acceptors (Lipinski definition) is 3. The van der Waals surface area contributed by atoms with Crippen LogP contribution in [-0.4, -0.2) is 10.1 Å². The largest absolute Gasteiger partial charge is 0.444 e. The standard InChI is InChI=1S/C17H15NO2/c1-12-7-8-14(10-19)15(9-12)16-11-20-17(18-16)13-5-3-2-4-6-13/h2-9,11,19H,10H2,1H3. The van der Waals surface area contributed by atoms with Crippen molar-refractivity contribution in [2.24, 2.45) is 0 Å². The lowest BCUT2D eigenvalue weighted by Gasteiger charge is -2.05. The maximum Gasteiger partial charge on any atom is 0.226 e. The van der Waals surface area contributed by atoms with Crippen LogP contribution < -0.4 is 0 Å². The first-order valence-electron chi connectivity index (χ1n) is 6.49. The quantitative estimate of drug-likeness (QED) is 0.783. The molecule has 0 saturated carbocycles. The Labute approximate surface area is 117 Å². The smallest absolute Gasteiger partial charge is 0.226 e. The molecule has 20 heavy (non-hydrogen) atoms. The Morgan fingerprint density at radius 1 is 1.10 bits per heavy atom. The summed E-state index contributed by atoms with van der Waals surface area (Å²) in [4.78, 5) is 4.52. The van der Waals surface area contributed by atoms with Gasteiger partial charge in [0.05, 0.1) is 6.61 Å². The molecule has 0 spiro atoms. The summed E-state index contributed by atoms with van der Waals surface area (Å²) in [7, 11) is 0. The molecule has 0 fully saturated rings. The zero-order valence-corrected chi connectivity index (χ0v) is 11.2. The van der Waals surface area contributed by atoms with Gasteiger partial charge in [-0.05, 0) is 30.7 Å². The van der Waals surface area contributed by atoms with E-state index in [1.54, 1.807) is 6.26 Å². The zero-order valence-electron chi connectivity index (χ0n) is 11.2. The highest BCUT2D eigenvalue weighted by molar-refractivity contribution is 5.66. The molecule has 1 N–H and O–H groups in total. The minimum atomic E-state index is -0.0108. The van der Waals surface area contributed by atoms with Crippen LogP contribution in [0.25, 0.3) is 22.7 Å². The van der Waals surface area contributed by atoms with Crippen LogP contribution in [-0.2, 0) is 6.61 Å². The van der Waals surface area contributed by atoms with Gasteiger partial charge in [-0.1, -0.05) is 35.9 Å². The Hall–Kier alpha value is -2.39. The third kappa shape index (κ3) is 2.36. The van der Waals surface area contributed by atoms with E-state index in [0.29, 0.717) is 5.89 Å². The molecule has 1 heterocycles. The molecule has 1 aromatic heterocycles. The molecule has 3 rings (SSSR count). The number of benzene rings is 2. The van der Waals surface area contributed by atoms with Gasteiger partial charge >= 0.3 is 0 Å². The summed E-state index contributed by atoms with van der Waals surface area (Å²) in [5.74, 6) is 0.589. The Kier molecular flexibility index (Phi) is 3.35. The van der Waals surface area contributed by atoms with E-state index in [2.05, 4.69) is 4.98 Å². The minimum absolute atomic E-state index is 0.0108. The van der Waals surface area contributed by atoms with Crippen molar-refractivity contribution in [1.29, 1.82) is 0 Å². The normalized spacial score (nSPS) is 10.7. The Balaban J connectivity index is 2.04. The fourth-order valence-corrected chi connectivity index (χ4v) is 2.18. The molecular weight excluding hydrogens is 250 g/mol. The van der Waals surface area contributed by atoms with Gasteiger partial charge in [0, 0.05) is 11.1 Å². The number of aliphatic hydroxyl groups is 1. The van der Waals surface area contributed by atoms with Gasteiger partial charge < -0.3 is 9.52 Å². The maximum absolute atomic E-state index is 9.44. The van der Waals surface area contributed by atoms with Gasteiger partial charge in [-0.15, -0.1) is 0 Å². The second-order valence-corrected chi connectivity index (χ2v) is 4.72. The van der Waals surface area contributed by atoms with Crippen LogP contribution in [0.4, 0.5) is 0 Å². The fourth-order valence-electron chi connectivity index (χ4n) is 2.18. The van der Waals surface area contributed by atoms with Crippen LogP contribution in [0.1, 0.15) is 11.1 Å². The van der Waals surface area contributed by atoms with Crippen molar-refractivity contribution in [2.75, 3.05) is 0 Å². The molecule has 0 radical (unpaired) electrons. The molecule has 0 saturated heterocycles. The van der Waals surface area contributed by atoms with Crippen LogP contribution >= 0.6 is 0 Å². The summed E-state index contributed by atoms with van der Waals surface area (Å²) in [5.41, 5.74) is 4.58. The Bertz CT molecular complexity index is 717. The van der Waals surface area contributed by atoms with E-state index in [9.17, 15) is 5.11 Å². The van der Waals surface area contributed by atoms with E-state index < -0.39 is 0 Å². The number of aryl methyl sites for hydroxylation is 1. The summed E-state index contributed by atoms with van der Waals surface area (Å²) in [6, 6.07) is 15.7. The SMILES string of the molecule is Cc1ccc(CO)c(-c2coc(-c3ccccc3)n2)c1. The molecule has 0 amide bonds. The van der Waals surface area contributed by atoms with Gasteiger partial charge in [0.15, 0.2) is 0 Å². The molecule has 0 aliphatic carbocycles. The predicted octanol–water partition coefficient (Wildman–Crippen LogP) is 3.81. The number of hydrogen-bond donors (Lipinski definition) is 1. The lowest BCUT2D eigenvalue weighted by atomic mass is 10.0. The van der Waals surface area contributed by atoms with Crippen molar-refractivity contribution in [3.63, 3.8) is 0 Å². The van der Waals surface area contributed by atoms with Crippen LogP contribution in [0.3, 0.4) is 0 Å². The van der Waals surface area contributed by atoms with Gasteiger partial charge in [0.1, 0.15) is 12.0 Å². The molecule has 3 nitrogen and oxygen atoms in total. The predicted molar refractivity (Wildman–Crippen MR) is 78.0 cm³/mol. The molecule has 3 aromatic rings. The minimum Gasteiger partial charge on any atom is -0.444 e. The van der Waals surface area contributed by atoms with E-state index in [0.717, 1.165) is 27.9 Å². The number of oxazole rings is 1. The zero-order chi connectivity index (χ0) is 13.9. The molecule has 0 bridgehead atoms. The van der Waals surface area contributed by atoms with Crippen molar-refractivity contribution in [3.05, 3.63) is 65.9 Å². The average Bonchev–Trinajstić information content (AvgIpc) is 2.98. The summed E-state index contributed by atoms with van der Waals surface area (Å²) >= 11 is 0. The summed E-state index contributed by atoms with van der Waals surface area (Å²) < 4.78 is 5.55. The summed E-state index contributed by atoms with van der Waals surface area (Å²) in [6.07, 6.45) is 1.64. The van der Waals surface area contributed by atoms with E-state index in [1.807, 2.05) is 55.5 Å². The van der Waals surface area contributed by atoms with Gasteiger partial charge in [0.25, 0.3) is 0 Å². The van der Waals surface area contributed by atoms with Crippen molar-refractivity contribution >= 4 is 0 Å². The molecule has 0 aliphatic heterocycles. The second kappa shape index (κ2) is 5.31. The van der Waals surface area contributed by atoms with Crippen molar-refractivity contribution < 1.29 is 9.52 Å². The molecular formula is C17H15NO2. The number of nitrogens with zero attached hydrogens (tertiary/aromatic N) is 1. The third-order valence-corrected chi connectivity index (χ3v) is 3.24. The Morgan fingerprint density at radius 2 is 1.90 bits per heavy atom. The highest BCUT2D eigenvalue weighted by Gasteiger charge is 2.11. The molecule has 3 heteroatoms. The first kappa shape index (κ1) is 12.6. The maximum atomic E-state index is 9.44. The van der Waals surface area contributed by atoms with Crippen molar-refractivity contribution in [3.8, 4) is 22.7 Å². The van der Waals surface area contributed by atoms with Gasteiger partial charge in [-0.2, -0.15) is 0 Å². The van der Waals surface area contributed by atoms with Crippen LogP contribution in [0, 0.1) is 6.92 Å². The lowest BCUT2D eigenvalue weighted by Crippen LogP contribution is -1.90. The van der Waals surface area contributed by atoms with Gasteiger partial charge in [-0.3, -0.25) is 0 Å². The highest BCUT2D eigenvalue weighted by atomic mass is 16.3.